The molecule has 0 saturated carbocycles. The van der Waals surface area contributed by atoms with Crippen LogP contribution in [-0.2, 0) is 0 Å². The van der Waals surface area contributed by atoms with E-state index in [1.807, 2.05) is 18.2 Å². The molecule has 1 aliphatic heterocycles. The van der Waals surface area contributed by atoms with Crippen LogP contribution in [0.5, 0.6) is 0 Å². The van der Waals surface area contributed by atoms with Crippen molar-refractivity contribution in [2.45, 2.75) is 19.8 Å². The molecule has 2 N–H and O–H groups in total. The van der Waals surface area contributed by atoms with Crippen molar-refractivity contribution in [1.29, 1.82) is 0 Å². The maximum absolute atomic E-state index is 12.5. The van der Waals surface area contributed by atoms with E-state index >= 15 is 0 Å². The number of nitrogens with one attached hydrogen (secondary N) is 2. The van der Waals surface area contributed by atoms with Crippen molar-refractivity contribution in [3.05, 3.63) is 48.0 Å². The minimum absolute atomic E-state index is 0.267. The Labute approximate surface area is 173 Å². The zero-order valence-electron chi connectivity index (χ0n) is 15.5. The fourth-order valence-electron chi connectivity index (χ4n) is 3.36. The standard InChI is InChI=1S/C20H21N5OS2/c1-13-8-10-25(11-9-13)18-5-3-2-4-16(18)21-20(27)22-19(26)14-6-7-15-17(12-14)24-28-23-15/h2-7,12-13H,8-11H2,1H3,(H2,21,22,26,27). The van der Waals surface area contributed by atoms with E-state index in [9.17, 15) is 4.79 Å². The van der Waals surface area contributed by atoms with E-state index in [1.165, 1.54) is 12.8 Å². The number of thiocarbonyl (C=S) groups is 1. The molecule has 1 amide bonds. The highest BCUT2D eigenvalue weighted by Gasteiger charge is 2.19. The summed E-state index contributed by atoms with van der Waals surface area (Å²) in [5.41, 5.74) is 4.01. The third-order valence-electron chi connectivity index (χ3n) is 5.02. The molecule has 1 aromatic heterocycles. The van der Waals surface area contributed by atoms with Gasteiger partial charge >= 0.3 is 0 Å². The minimum Gasteiger partial charge on any atom is -0.370 e. The monoisotopic (exact) mass is 411 g/mol. The molecule has 2 heterocycles. The molecule has 0 atom stereocenters. The number of para-hydroxylation sites is 2. The van der Waals surface area contributed by atoms with E-state index in [2.05, 4.69) is 37.3 Å². The smallest absolute Gasteiger partial charge is 0.257 e. The Bertz CT molecular complexity index is 1010. The van der Waals surface area contributed by atoms with Gasteiger partial charge < -0.3 is 10.2 Å². The lowest BCUT2D eigenvalue weighted by atomic mass is 9.98. The van der Waals surface area contributed by atoms with E-state index in [4.69, 9.17) is 12.2 Å². The second-order valence-corrected chi connectivity index (χ2v) is 8.00. The van der Waals surface area contributed by atoms with Gasteiger partial charge in [0.05, 0.1) is 23.1 Å². The summed E-state index contributed by atoms with van der Waals surface area (Å²) in [6.07, 6.45) is 2.37. The Morgan fingerprint density at radius 2 is 1.89 bits per heavy atom. The van der Waals surface area contributed by atoms with Crippen molar-refractivity contribution in [3.63, 3.8) is 0 Å². The first-order valence-electron chi connectivity index (χ1n) is 9.29. The first-order chi connectivity index (χ1) is 13.6. The number of nitrogens with zero attached hydrogens (tertiary/aromatic N) is 3. The van der Waals surface area contributed by atoms with Crippen molar-refractivity contribution in [2.24, 2.45) is 5.92 Å². The van der Waals surface area contributed by atoms with E-state index < -0.39 is 0 Å². The van der Waals surface area contributed by atoms with Crippen LogP contribution in [0.3, 0.4) is 0 Å². The summed E-state index contributed by atoms with van der Waals surface area (Å²) in [7, 11) is 0. The second-order valence-electron chi connectivity index (χ2n) is 7.06. The third-order valence-corrected chi connectivity index (χ3v) is 5.78. The zero-order chi connectivity index (χ0) is 19.5. The molecule has 0 radical (unpaired) electrons. The Morgan fingerprint density at radius 3 is 2.71 bits per heavy atom. The van der Waals surface area contributed by atoms with Gasteiger partial charge in [0.15, 0.2) is 5.11 Å². The molecule has 1 aliphatic rings. The number of rotatable bonds is 3. The van der Waals surface area contributed by atoms with Crippen molar-refractivity contribution >= 4 is 57.4 Å². The molecule has 144 valence electrons. The quantitative estimate of drug-likeness (QED) is 0.634. The molecule has 1 saturated heterocycles. The van der Waals surface area contributed by atoms with Crippen molar-refractivity contribution in [3.8, 4) is 0 Å². The van der Waals surface area contributed by atoms with Gasteiger partial charge in [0.1, 0.15) is 11.0 Å². The highest BCUT2D eigenvalue weighted by Crippen LogP contribution is 2.29. The van der Waals surface area contributed by atoms with Crippen molar-refractivity contribution in [1.82, 2.24) is 14.1 Å². The van der Waals surface area contributed by atoms with Crippen LogP contribution in [0.1, 0.15) is 30.1 Å². The van der Waals surface area contributed by atoms with Gasteiger partial charge in [0.25, 0.3) is 5.91 Å². The Hall–Kier alpha value is -2.58. The van der Waals surface area contributed by atoms with Crippen LogP contribution >= 0.6 is 23.9 Å². The molecule has 0 unspecified atom stereocenters. The number of benzene rings is 2. The zero-order valence-corrected chi connectivity index (χ0v) is 17.1. The summed E-state index contributed by atoms with van der Waals surface area (Å²) < 4.78 is 8.32. The van der Waals surface area contributed by atoms with E-state index in [1.54, 1.807) is 18.2 Å². The SMILES string of the molecule is CC1CCN(c2ccccc2NC(=S)NC(=O)c2ccc3nsnc3c2)CC1. The van der Waals surface area contributed by atoms with Gasteiger partial charge in [-0.25, -0.2) is 0 Å². The van der Waals surface area contributed by atoms with Crippen LogP contribution in [0, 0.1) is 5.92 Å². The first kappa shape index (κ1) is 18.8. The molecule has 28 heavy (non-hydrogen) atoms. The summed E-state index contributed by atoms with van der Waals surface area (Å²) in [6.45, 7) is 4.35. The predicted octanol–water partition coefficient (Wildman–Crippen LogP) is 4.05. The molecule has 4 rings (SSSR count). The van der Waals surface area contributed by atoms with Crippen molar-refractivity contribution in [2.75, 3.05) is 23.3 Å². The molecular formula is C20H21N5OS2. The number of amides is 1. The average Bonchev–Trinajstić information content (AvgIpc) is 3.17. The molecular weight excluding hydrogens is 390 g/mol. The Kier molecular flexibility index (Phi) is 5.50. The third kappa shape index (κ3) is 4.13. The number of piperidine rings is 1. The average molecular weight is 412 g/mol. The highest BCUT2D eigenvalue weighted by molar-refractivity contribution is 7.80. The van der Waals surface area contributed by atoms with Crippen LogP contribution < -0.4 is 15.5 Å². The molecule has 0 spiro atoms. The highest BCUT2D eigenvalue weighted by atomic mass is 32.1. The number of carbonyl (C=O) groups excluding carboxylic acids is 1. The molecule has 2 aromatic carbocycles. The van der Waals surface area contributed by atoms with E-state index in [0.29, 0.717) is 11.1 Å². The van der Waals surface area contributed by atoms with E-state index in [-0.39, 0.29) is 11.0 Å². The summed E-state index contributed by atoms with van der Waals surface area (Å²) in [5, 5.41) is 6.22. The van der Waals surface area contributed by atoms with Crippen LogP contribution in [0.2, 0.25) is 0 Å². The minimum atomic E-state index is -0.267. The van der Waals surface area contributed by atoms with Gasteiger partial charge in [-0.1, -0.05) is 19.1 Å². The number of fused-ring (bicyclic) bond motifs is 1. The Balaban J connectivity index is 1.44. The van der Waals surface area contributed by atoms with Gasteiger partial charge in [0, 0.05) is 18.7 Å². The van der Waals surface area contributed by atoms with Gasteiger partial charge in [-0.15, -0.1) is 0 Å². The summed E-state index contributed by atoms with van der Waals surface area (Å²) >= 11 is 6.51. The van der Waals surface area contributed by atoms with E-state index in [0.717, 1.165) is 47.6 Å². The topological polar surface area (TPSA) is 70.2 Å². The molecule has 3 aromatic rings. The molecule has 6 nitrogen and oxygen atoms in total. The fraction of sp³-hybridized carbons (Fsp3) is 0.300. The lowest BCUT2D eigenvalue weighted by Gasteiger charge is -2.33. The number of hydrogen-bond donors (Lipinski definition) is 2. The number of hydrogen-bond acceptors (Lipinski definition) is 6. The number of anilines is 2. The van der Waals surface area contributed by atoms with Gasteiger partial charge in [-0.05, 0) is 61.3 Å². The fourth-order valence-corrected chi connectivity index (χ4v) is 4.08. The summed E-state index contributed by atoms with van der Waals surface area (Å²) in [4.78, 5) is 14.9. The van der Waals surface area contributed by atoms with Crippen LogP contribution in [0.4, 0.5) is 11.4 Å². The van der Waals surface area contributed by atoms with Crippen LogP contribution in [0.15, 0.2) is 42.5 Å². The maximum Gasteiger partial charge on any atom is 0.257 e. The van der Waals surface area contributed by atoms with Gasteiger partial charge in [-0.2, -0.15) is 8.75 Å². The van der Waals surface area contributed by atoms with Crippen LogP contribution in [0.25, 0.3) is 11.0 Å². The van der Waals surface area contributed by atoms with Gasteiger partial charge in [0.2, 0.25) is 0 Å². The number of aromatic nitrogens is 2. The molecule has 1 fully saturated rings. The first-order valence-corrected chi connectivity index (χ1v) is 10.4. The maximum atomic E-state index is 12.5. The summed E-state index contributed by atoms with van der Waals surface area (Å²) in [5.74, 6) is 0.499. The molecule has 8 heteroatoms. The predicted molar refractivity (Wildman–Crippen MR) is 118 cm³/mol. The normalized spacial score (nSPS) is 14.8. The van der Waals surface area contributed by atoms with Crippen molar-refractivity contribution < 1.29 is 4.79 Å². The van der Waals surface area contributed by atoms with Gasteiger partial charge in [-0.3, -0.25) is 10.1 Å². The number of carbonyl (C=O) groups is 1. The Morgan fingerprint density at radius 1 is 1.14 bits per heavy atom. The largest absolute Gasteiger partial charge is 0.370 e. The second kappa shape index (κ2) is 8.20. The lowest BCUT2D eigenvalue weighted by molar-refractivity contribution is 0.0978. The summed E-state index contributed by atoms with van der Waals surface area (Å²) in [6, 6.07) is 13.3. The molecule has 0 bridgehead atoms. The lowest BCUT2D eigenvalue weighted by Crippen LogP contribution is -2.36. The molecule has 0 aliphatic carbocycles. The van der Waals surface area contributed by atoms with Crippen LogP contribution in [-0.4, -0.2) is 32.9 Å².